The first-order chi connectivity index (χ1) is 5.72. The quantitative estimate of drug-likeness (QED) is 0.431. The molecule has 0 radical (unpaired) electrons. The molecule has 0 aromatic carbocycles. The van der Waals surface area contributed by atoms with Gasteiger partial charge in [0.2, 0.25) is 0 Å². The van der Waals surface area contributed by atoms with Gasteiger partial charge in [-0.05, 0) is 6.08 Å². The Hall–Kier alpha value is -0.420. The van der Waals surface area contributed by atoms with E-state index < -0.39 is 6.29 Å². The number of nitrogens with zero attached hydrogens (tertiary/aromatic N) is 1. The Morgan fingerprint density at radius 1 is 1.58 bits per heavy atom. The number of ether oxygens (including phenoxy) is 1. The van der Waals surface area contributed by atoms with E-state index in [1.165, 1.54) is 6.08 Å². The largest absolute Gasteiger partial charge is 0.379 e. The average molecular weight is 173 g/mol. The number of methoxy groups -OCH3 is 1. The van der Waals surface area contributed by atoms with E-state index in [2.05, 4.69) is 4.90 Å². The average Bonchev–Trinajstić information content (AvgIpc) is 1.93. The third kappa shape index (κ3) is 2.91. The fourth-order valence-electron chi connectivity index (χ4n) is 1.15. The summed E-state index contributed by atoms with van der Waals surface area (Å²) in [6.45, 7) is 2.63. The molecule has 0 atom stereocenters. The van der Waals surface area contributed by atoms with Crippen LogP contribution in [0.5, 0.6) is 0 Å². The number of aliphatic hydroxyl groups is 2. The molecular formula is C8H15NO3. The van der Waals surface area contributed by atoms with Crippen LogP contribution in [0.1, 0.15) is 0 Å². The first-order valence-corrected chi connectivity index (χ1v) is 4.00. The van der Waals surface area contributed by atoms with Crippen LogP contribution in [0, 0.1) is 0 Å². The highest BCUT2D eigenvalue weighted by atomic mass is 16.5. The van der Waals surface area contributed by atoms with Gasteiger partial charge in [-0.3, -0.25) is 4.90 Å². The molecule has 0 aromatic rings. The van der Waals surface area contributed by atoms with E-state index in [0.717, 1.165) is 19.6 Å². The lowest BCUT2D eigenvalue weighted by atomic mass is 10.2. The fourth-order valence-corrected chi connectivity index (χ4v) is 1.15. The first kappa shape index (κ1) is 9.67. The number of hydrogen-bond donors (Lipinski definition) is 2. The summed E-state index contributed by atoms with van der Waals surface area (Å²) in [5, 5.41) is 17.0. The monoisotopic (exact) mass is 173 g/mol. The Balaban J connectivity index is 2.04. The summed E-state index contributed by atoms with van der Waals surface area (Å²) in [6.07, 6.45) is 2.14. The van der Waals surface area contributed by atoms with Crippen molar-refractivity contribution in [3.63, 3.8) is 0 Å². The predicted octanol–water partition coefficient (Wildman–Crippen LogP) is -0.816. The van der Waals surface area contributed by atoms with Crippen molar-refractivity contribution in [2.45, 2.75) is 12.4 Å². The van der Waals surface area contributed by atoms with Crippen LogP contribution in [0.3, 0.4) is 0 Å². The predicted molar refractivity (Wildman–Crippen MR) is 44.6 cm³/mol. The summed E-state index contributed by atoms with van der Waals surface area (Å²) < 4.78 is 5.08. The first-order valence-electron chi connectivity index (χ1n) is 4.00. The summed E-state index contributed by atoms with van der Waals surface area (Å²) in [5.41, 5.74) is 0. The third-order valence-electron chi connectivity index (χ3n) is 1.93. The summed E-state index contributed by atoms with van der Waals surface area (Å²) in [7, 11) is 1.70. The Morgan fingerprint density at radius 3 is 2.75 bits per heavy atom. The Labute approximate surface area is 72.1 Å². The van der Waals surface area contributed by atoms with Crippen LogP contribution in [0.25, 0.3) is 0 Å². The second kappa shape index (κ2) is 4.57. The van der Waals surface area contributed by atoms with Crippen molar-refractivity contribution in [1.82, 2.24) is 4.90 Å². The molecule has 70 valence electrons. The van der Waals surface area contributed by atoms with Crippen LogP contribution in [0.4, 0.5) is 0 Å². The van der Waals surface area contributed by atoms with Crippen molar-refractivity contribution in [2.24, 2.45) is 0 Å². The molecule has 1 rings (SSSR count). The van der Waals surface area contributed by atoms with Crippen molar-refractivity contribution in [1.29, 1.82) is 0 Å². The molecule has 1 aliphatic rings. The van der Waals surface area contributed by atoms with Gasteiger partial charge < -0.3 is 14.9 Å². The highest BCUT2D eigenvalue weighted by molar-refractivity contribution is 4.91. The molecule has 12 heavy (non-hydrogen) atoms. The van der Waals surface area contributed by atoms with Gasteiger partial charge in [0.25, 0.3) is 0 Å². The highest BCUT2D eigenvalue weighted by Crippen LogP contribution is 2.09. The van der Waals surface area contributed by atoms with Gasteiger partial charge in [0, 0.05) is 26.7 Å². The molecule has 0 aliphatic carbocycles. The summed E-state index contributed by atoms with van der Waals surface area (Å²) >= 11 is 0. The third-order valence-corrected chi connectivity index (χ3v) is 1.93. The van der Waals surface area contributed by atoms with Gasteiger partial charge in [-0.25, -0.2) is 0 Å². The minimum absolute atomic E-state index is 0.359. The van der Waals surface area contributed by atoms with Gasteiger partial charge >= 0.3 is 0 Å². The molecule has 0 aromatic heterocycles. The number of hydrogen-bond acceptors (Lipinski definition) is 4. The van der Waals surface area contributed by atoms with Gasteiger partial charge in [-0.15, -0.1) is 0 Å². The molecule has 0 amide bonds. The van der Waals surface area contributed by atoms with Crippen LogP contribution in [0.15, 0.2) is 12.2 Å². The van der Waals surface area contributed by atoms with Crippen LogP contribution in [-0.2, 0) is 4.74 Å². The van der Waals surface area contributed by atoms with E-state index in [1.54, 1.807) is 13.2 Å². The van der Waals surface area contributed by atoms with Gasteiger partial charge in [-0.1, -0.05) is 6.08 Å². The summed E-state index contributed by atoms with van der Waals surface area (Å²) in [5.74, 6) is 0. The zero-order chi connectivity index (χ0) is 8.97. The number of likely N-dealkylation sites (tertiary alicyclic amines) is 1. The SMILES string of the molecule is COC1CN(C/C=C/C(O)O)C1. The molecule has 0 unspecified atom stereocenters. The molecule has 4 nitrogen and oxygen atoms in total. The molecular weight excluding hydrogens is 158 g/mol. The van der Waals surface area contributed by atoms with E-state index in [-0.39, 0.29) is 0 Å². The van der Waals surface area contributed by atoms with E-state index in [4.69, 9.17) is 14.9 Å². The van der Waals surface area contributed by atoms with Gasteiger partial charge in [0.15, 0.2) is 6.29 Å². The van der Waals surface area contributed by atoms with Gasteiger partial charge in [-0.2, -0.15) is 0 Å². The van der Waals surface area contributed by atoms with E-state index in [1.807, 2.05) is 0 Å². The standard InChI is InChI=1S/C8H15NO3/c1-12-7-5-9(6-7)4-2-3-8(10)11/h2-3,7-8,10-11H,4-6H2,1H3/b3-2+. The summed E-state index contributed by atoms with van der Waals surface area (Å²) in [4.78, 5) is 2.16. The maximum atomic E-state index is 8.48. The normalized spacial score (nSPS) is 20.7. The molecule has 4 heteroatoms. The highest BCUT2D eigenvalue weighted by Gasteiger charge is 2.24. The second-order valence-corrected chi connectivity index (χ2v) is 2.92. The zero-order valence-corrected chi connectivity index (χ0v) is 7.18. The van der Waals surface area contributed by atoms with Crippen molar-refractivity contribution in [3.8, 4) is 0 Å². The molecule has 2 N–H and O–H groups in total. The lowest BCUT2D eigenvalue weighted by Gasteiger charge is -2.37. The van der Waals surface area contributed by atoms with E-state index in [9.17, 15) is 0 Å². The minimum atomic E-state index is -1.33. The molecule has 0 saturated carbocycles. The Bertz CT molecular complexity index is 152. The molecule has 0 spiro atoms. The smallest absolute Gasteiger partial charge is 0.171 e. The van der Waals surface area contributed by atoms with E-state index >= 15 is 0 Å². The van der Waals surface area contributed by atoms with Crippen molar-refractivity contribution in [3.05, 3.63) is 12.2 Å². The number of aliphatic hydroxyl groups excluding tert-OH is 1. The van der Waals surface area contributed by atoms with E-state index in [0.29, 0.717) is 6.10 Å². The summed E-state index contributed by atoms with van der Waals surface area (Å²) in [6, 6.07) is 0. The minimum Gasteiger partial charge on any atom is -0.379 e. The van der Waals surface area contributed by atoms with Gasteiger partial charge in [0.05, 0.1) is 6.10 Å². The molecule has 1 aliphatic heterocycles. The topological polar surface area (TPSA) is 52.9 Å². The lowest BCUT2D eigenvalue weighted by molar-refractivity contribution is -0.0241. The van der Waals surface area contributed by atoms with Crippen molar-refractivity contribution in [2.75, 3.05) is 26.7 Å². The second-order valence-electron chi connectivity index (χ2n) is 2.92. The van der Waals surface area contributed by atoms with Crippen molar-refractivity contribution >= 4 is 0 Å². The van der Waals surface area contributed by atoms with Crippen LogP contribution in [0.2, 0.25) is 0 Å². The molecule has 1 saturated heterocycles. The van der Waals surface area contributed by atoms with Gasteiger partial charge in [0.1, 0.15) is 0 Å². The Morgan fingerprint density at radius 2 is 2.25 bits per heavy atom. The van der Waals surface area contributed by atoms with Crippen molar-refractivity contribution < 1.29 is 14.9 Å². The zero-order valence-electron chi connectivity index (χ0n) is 7.18. The van der Waals surface area contributed by atoms with Crippen LogP contribution in [-0.4, -0.2) is 54.3 Å². The maximum absolute atomic E-state index is 8.48. The maximum Gasteiger partial charge on any atom is 0.171 e. The number of rotatable bonds is 4. The molecule has 0 bridgehead atoms. The van der Waals surface area contributed by atoms with Crippen LogP contribution >= 0.6 is 0 Å². The fraction of sp³-hybridized carbons (Fsp3) is 0.750. The molecule has 1 heterocycles. The lowest BCUT2D eigenvalue weighted by Crippen LogP contribution is -2.51. The molecule has 1 fully saturated rings. The Kier molecular flexibility index (Phi) is 3.68. The van der Waals surface area contributed by atoms with Crippen LogP contribution < -0.4 is 0 Å².